The summed E-state index contributed by atoms with van der Waals surface area (Å²) in [6.07, 6.45) is 6.59. The van der Waals surface area contributed by atoms with Crippen molar-refractivity contribution in [2.45, 2.75) is 26.3 Å². The van der Waals surface area contributed by atoms with Crippen molar-refractivity contribution in [1.82, 2.24) is 14.8 Å². The van der Waals surface area contributed by atoms with Crippen molar-refractivity contribution in [2.24, 2.45) is 0 Å². The molecule has 0 spiro atoms. The first-order valence-electron chi connectivity index (χ1n) is 7.44. The predicted molar refractivity (Wildman–Crippen MR) is 85.9 cm³/mol. The molecule has 2 heterocycles. The predicted octanol–water partition coefficient (Wildman–Crippen LogP) is 4.72. The highest BCUT2D eigenvalue weighted by Crippen LogP contribution is 2.32. The molecule has 0 aliphatic carbocycles. The highest BCUT2D eigenvalue weighted by atomic mass is 19.1. The van der Waals surface area contributed by atoms with E-state index in [0.29, 0.717) is 6.04 Å². The molecule has 1 aromatic carbocycles. The van der Waals surface area contributed by atoms with Crippen LogP contribution in [0.3, 0.4) is 0 Å². The molecule has 0 bridgehead atoms. The quantitative estimate of drug-likeness (QED) is 0.697. The third-order valence-corrected chi connectivity index (χ3v) is 3.88. The summed E-state index contributed by atoms with van der Waals surface area (Å²) < 4.78 is 15.2. The van der Waals surface area contributed by atoms with Gasteiger partial charge in [-0.3, -0.25) is 9.67 Å². The van der Waals surface area contributed by atoms with Gasteiger partial charge < -0.3 is 0 Å². The summed E-state index contributed by atoms with van der Waals surface area (Å²) in [5.74, 6) is -0.240. The molecule has 4 heteroatoms. The van der Waals surface area contributed by atoms with E-state index in [2.05, 4.69) is 25.0 Å². The Hall–Kier alpha value is -2.49. The van der Waals surface area contributed by atoms with Gasteiger partial charge in [0.1, 0.15) is 11.5 Å². The Balaban J connectivity index is 2.14. The molecular weight excluding hydrogens is 277 g/mol. The van der Waals surface area contributed by atoms with E-state index in [1.54, 1.807) is 24.5 Å². The van der Waals surface area contributed by atoms with Crippen LogP contribution >= 0.6 is 0 Å². The van der Waals surface area contributed by atoms with Crippen LogP contribution in [0.1, 0.15) is 26.3 Å². The first-order chi connectivity index (χ1) is 10.7. The molecule has 0 saturated carbocycles. The lowest BCUT2D eigenvalue weighted by atomic mass is 10.0. The molecule has 22 heavy (non-hydrogen) atoms. The van der Waals surface area contributed by atoms with E-state index in [0.717, 1.165) is 28.8 Å². The molecule has 0 aliphatic heterocycles. The van der Waals surface area contributed by atoms with E-state index >= 15 is 0 Å². The molecule has 0 aliphatic rings. The van der Waals surface area contributed by atoms with Gasteiger partial charge in [-0.1, -0.05) is 6.92 Å². The van der Waals surface area contributed by atoms with Gasteiger partial charge >= 0.3 is 0 Å². The normalized spacial score (nSPS) is 12.3. The maximum Gasteiger partial charge on any atom is 0.123 e. The van der Waals surface area contributed by atoms with Gasteiger partial charge in [-0.05, 0) is 55.3 Å². The van der Waals surface area contributed by atoms with Crippen LogP contribution in [0, 0.1) is 5.82 Å². The number of pyridine rings is 1. The Kier molecular flexibility index (Phi) is 4.00. The molecule has 3 aromatic rings. The monoisotopic (exact) mass is 295 g/mol. The SMILES string of the molecule is CCC(C)n1cc(-c2ccncc2)c(-c2ccc(F)cc2)n1. The van der Waals surface area contributed by atoms with Gasteiger partial charge in [0.15, 0.2) is 0 Å². The number of aromatic nitrogens is 3. The van der Waals surface area contributed by atoms with E-state index in [-0.39, 0.29) is 5.82 Å². The number of benzene rings is 1. The van der Waals surface area contributed by atoms with Crippen molar-refractivity contribution < 1.29 is 4.39 Å². The standard InChI is InChI=1S/C18H18FN3/c1-3-13(2)22-12-17(14-8-10-20-11-9-14)18(21-22)15-4-6-16(19)7-5-15/h4-13H,3H2,1-2H3. The fraction of sp³-hybridized carbons (Fsp3) is 0.222. The zero-order chi connectivity index (χ0) is 15.5. The number of halogens is 1. The third kappa shape index (κ3) is 2.77. The minimum atomic E-state index is -0.240. The lowest BCUT2D eigenvalue weighted by Gasteiger charge is -2.07. The minimum absolute atomic E-state index is 0.240. The summed E-state index contributed by atoms with van der Waals surface area (Å²) in [5, 5.41) is 4.73. The molecule has 0 radical (unpaired) electrons. The van der Waals surface area contributed by atoms with E-state index in [4.69, 9.17) is 5.10 Å². The van der Waals surface area contributed by atoms with Crippen LogP contribution in [0.2, 0.25) is 0 Å². The molecule has 0 saturated heterocycles. The average Bonchev–Trinajstić information content (AvgIpc) is 3.01. The maximum atomic E-state index is 13.2. The Morgan fingerprint density at radius 3 is 2.36 bits per heavy atom. The first kappa shape index (κ1) is 14.4. The molecule has 112 valence electrons. The molecule has 3 nitrogen and oxygen atoms in total. The lowest BCUT2D eigenvalue weighted by molar-refractivity contribution is 0.479. The van der Waals surface area contributed by atoms with Crippen molar-refractivity contribution >= 4 is 0 Å². The molecule has 0 amide bonds. The molecular formula is C18H18FN3. The number of nitrogens with zero attached hydrogens (tertiary/aromatic N) is 3. The minimum Gasteiger partial charge on any atom is -0.269 e. The Bertz CT molecular complexity index is 748. The van der Waals surface area contributed by atoms with Gasteiger partial charge in [-0.25, -0.2) is 4.39 Å². The summed E-state index contributed by atoms with van der Waals surface area (Å²) in [6, 6.07) is 10.7. The fourth-order valence-corrected chi connectivity index (χ4v) is 2.37. The second kappa shape index (κ2) is 6.10. The van der Waals surface area contributed by atoms with Gasteiger partial charge in [0.2, 0.25) is 0 Å². The van der Waals surface area contributed by atoms with Gasteiger partial charge in [-0.2, -0.15) is 5.10 Å². The molecule has 0 fully saturated rings. The van der Waals surface area contributed by atoms with Crippen molar-refractivity contribution in [2.75, 3.05) is 0 Å². The molecule has 1 atom stereocenters. The number of hydrogen-bond donors (Lipinski definition) is 0. The van der Waals surface area contributed by atoms with Gasteiger partial charge in [-0.15, -0.1) is 0 Å². The summed E-state index contributed by atoms with van der Waals surface area (Å²) in [5.41, 5.74) is 3.87. The van der Waals surface area contributed by atoms with Crippen LogP contribution in [-0.4, -0.2) is 14.8 Å². The van der Waals surface area contributed by atoms with Crippen molar-refractivity contribution in [3.05, 3.63) is 60.8 Å². The highest BCUT2D eigenvalue weighted by molar-refractivity contribution is 5.80. The van der Waals surface area contributed by atoms with Crippen LogP contribution < -0.4 is 0 Å². The summed E-state index contributed by atoms with van der Waals surface area (Å²) in [4.78, 5) is 4.07. The Morgan fingerprint density at radius 2 is 1.73 bits per heavy atom. The number of rotatable bonds is 4. The van der Waals surface area contributed by atoms with Crippen LogP contribution in [0.25, 0.3) is 22.4 Å². The van der Waals surface area contributed by atoms with Crippen LogP contribution in [0.15, 0.2) is 55.0 Å². The number of hydrogen-bond acceptors (Lipinski definition) is 2. The van der Waals surface area contributed by atoms with Crippen LogP contribution in [0.4, 0.5) is 4.39 Å². The second-order valence-corrected chi connectivity index (χ2v) is 5.37. The van der Waals surface area contributed by atoms with Crippen LogP contribution in [-0.2, 0) is 0 Å². The smallest absolute Gasteiger partial charge is 0.123 e. The maximum absolute atomic E-state index is 13.2. The first-order valence-corrected chi connectivity index (χ1v) is 7.44. The highest BCUT2D eigenvalue weighted by Gasteiger charge is 2.15. The van der Waals surface area contributed by atoms with Crippen molar-refractivity contribution in [3.8, 4) is 22.4 Å². The summed E-state index contributed by atoms with van der Waals surface area (Å²) in [7, 11) is 0. The van der Waals surface area contributed by atoms with Gasteiger partial charge in [0.05, 0.1) is 0 Å². The summed E-state index contributed by atoms with van der Waals surface area (Å²) in [6.45, 7) is 4.27. The van der Waals surface area contributed by atoms with Crippen molar-refractivity contribution in [1.29, 1.82) is 0 Å². The molecule has 3 rings (SSSR count). The molecule has 2 aromatic heterocycles. The van der Waals surface area contributed by atoms with E-state index in [9.17, 15) is 4.39 Å². The fourth-order valence-electron chi connectivity index (χ4n) is 2.37. The average molecular weight is 295 g/mol. The van der Waals surface area contributed by atoms with E-state index in [1.807, 2.05) is 16.8 Å². The van der Waals surface area contributed by atoms with Gasteiger partial charge in [0.25, 0.3) is 0 Å². The summed E-state index contributed by atoms with van der Waals surface area (Å²) >= 11 is 0. The van der Waals surface area contributed by atoms with Crippen LogP contribution in [0.5, 0.6) is 0 Å². The molecule has 1 unspecified atom stereocenters. The van der Waals surface area contributed by atoms with E-state index < -0.39 is 0 Å². The largest absolute Gasteiger partial charge is 0.269 e. The zero-order valence-electron chi connectivity index (χ0n) is 12.7. The zero-order valence-corrected chi connectivity index (χ0v) is 12.7. The second-order valence-electron chi connectivity index (χ2n) is 5.37. The molecule has 0 N–H and O–H groups in total. The third-order valence-electron chi connectivity index (χ3n) is 3.88. The van der Waals surface area contributed by atoms with Gasteiger partial charge in [0, 0.05) is 35.8 Å². The van der Waals surface area contributed by atoms with E-state index in [1.165, 1.54) is 12.1 Å². The lowest BCUT2D eigenvalue weighted by Crippen LogP contribution is -2.04. The van der Waals surface area contributed by atoms with Crippen molar-refractivity contribution in [3.63, 3.8) is 0 Å². The Labute approximate surface area is 129 Å². The Morgan fingerprint density at radius 1 is 1.05 bits per heavy atom. The topological polar surface area (TPSA) is 30.7 Å².